The van der Waals surface area contributed by atoms with Crippen molar-refractivity contribution in [1.82, 2.24) is 10.3 Å². The molecule has 0 fully saturated rings. The number of hydrogen-bond acceptors (Lipinski definition) is 5. The Morgan fingerprint density at radius 2 is 1.94 bits per heavy atom. The van der Waals surface area contributed by atoms with Crippen molar-refractivity contribution in [2.45, 2.75) is 39.3 Å². The first-order valence-electron chi connectivity index (χ1n) is 5.46. The minimum absolute atomic E-state index is 0.112. The van der Waals surface area contributed by atoms with Crippen LogP contribution < -0.4 is 5.32 Å². The van der Waals surface area contributed by atoms with Crippen molar-refractivity contribution in [1.29, 1.82) is 0 Å². The van der Waals surface area contributed by atoms with Crippen molar-refractivity contribution in [3.05, 3.63) is 17.3 Å². The first-order valence-corrected chi connectivity index (χ1v) is 5.46. The van der Waals surface area contributed by atoms with Crippen LogP contribution in [0.25, 0.3) is 0 Å². The van der Waals surface area contributed by atoms with Gasteiger partial charge in [-0.15, -0.1) is 0 Å². The van der Waals surface area contributed by atoms with E-state index in [0.717, 1.165) is 11.5 Å². The van der Waals surface area contributed by atoms with Crippen molar-refractivity contribution in [2.24, 2.45) is 0 Å². The van der Waals surface area contributed by atoms with Gasteiger partial charge in [0.25, 0.3) is 0 Å². The Bertz CT molecular complexity index is 304. The second-order valence-corrected chi connectivity index (χ2v) is 4.05. The SMILES string of the molecule is CCC(CO)(CO)NCc1nc(C)c(C)o1. The zero-order valence-corrected chi connectivity index (χ0v) is 10.1. The van der Waals surface area contributed by atoms with Crippen molar-refractivity contribution in [2.75, 3.05) is 13.2 Å². The highest BCUT2D eigenvalue weighted by molar-refractivity contribution is 5.05. The maximum absolute atomic E-state index is 9.24. The zero-order chi connectivity index (χ0) is 12.2. The van der Waals surface area contributed by atoms with Gasteiger partial charge in [-0.3, -0.25) is 5.32 Å². The van der Waals surface area contributed by atoms with Crippen LogP contribution in [0, 0.1) is 13.8 Å². The molecule has 0 saturated carbocycles. The normalized spacial score (nSPS) is 12.1. The molecular formula is C11H20N2O3. The van der Waals surface area contributed by atoms with Gasteiger partial charge in [0.1, 0.15) is 5.76 Å². The summed E-state index contributed by atoms with van der Waals surface area (Å²) in [5.41, 5.74) is 0.211. The summed E-state index contributed by atoms with van der Waals surface area (Å²) < 4.78 is 5.41. The maximum Gasteiger partial charge on any atom is 0.208 e. The fourth-order valence-corrected chi connectivity index (χ4v) is 1.39. The van der Waals surface area contributed by atoms with Gasteiger partial charge in [0.2, 0.25) is 5.89 Å². The lowest BCUT2D eigenvalue weighted by Gasteiger charge is -2.29. The number of nitrogens with zero attached hydrogens (tertiary/aromatic N) is 1. The first kappa shape index (κ1) is 13.2. The Hall–Kier alpha value is -0.910. The van der Waals surface area contributed by atoms with E-state index in [1.165, 1.54) is 0 Å². The van der Waals surface area contributed by atoms with Gasteiger partial charge >= 0.3 is 0 Å². The highest BCUT2D eigenvalue weighted by atomic mass is 16.4. The number of hydrogen-bond donors (Lipinski definition) is 3. The quantitative estimate of drug-likeness (QED) is 0.661. The lowest BCUT2D eigenvalue weighted by molar-refractivity contribution is 0.0843. The smallest absolute Gasteiger partial charge is 0.208 e. The van der Waals surface area contributed by atoms with Crippen LogP contribution in [0.3, 0.4) is 0 Å². The largest absolute Gasteiger partial charge is 0.444 e. The number of rotatable bonds is 6. The van der Waals surface area contributed by atoms with E-state index in [2.05, 4.69) is 10.3 Å². The third kappa shape index (κ3) is 2.81. The standard InChI is InChI=1S/C11H20N2O3/c1-4-11(6-14,7-15)12-5-10-13-8(2)9(3)16-10/h12,14-15H,4-7H2,1-3H3. The number of aromatic nitrogens is 1. The van der Waals surface area contributed by atoms with Gasteiger partial charge < -0.3 is 14.6 Å². The van der Waals surface area contributed by atoms with Crippen LogP contribution in [0.2, 0.25) is 0 Å². The van der Waals surface area contributed by atoms with Gasteiger partial charge in [0, 0.05) is 0 Å². The Kier molecular flexibility index (Phi) is 4.46. The van der Waals surface area contributed by atoms with E-state index >= 15 is 0 Å². The average molecular weight is 228 g/mol. The van der Waals surface area contributed by atoms with Crippen LogP contribution >= 0.6 is 0 Å². The highest BCUT2D eigenvalue weighted by Crippen LogP contribution is 2.12. The minimum atomic E-state index is -0.656. The third-order valence-corrected chi connectivity index (χ3v) is 2.97. The van der Waals surface area contributed by atoms with E-state index in [1.54, 1.807) is 0 Å². The molecule has 5 heteroatoms. The molecule has 0 bridgehead atoms. The molecule has 1 aromatic rings. The fraction of sp³-hybridized carbons (Fsp3) is 0.727. The van der Waals surface area contributed by atoms with Crippen LogP contribution in [0.15, 0.2) is 4.42 Å². The molecule has 92 valence electrons. The summed E-state index contributed by atoms with van der Waals surface area (Å²) in [6.07, 6.45) is 0.638. The van der Waals surface area contributed by atoms with Crippen LogP contribution in [-0.2, 0) is 6.54 Å². The van der Waals surface area contributed by atoms with Crippen molar-refractivity contribution in [3.63, 3.8) is 0 Å². The molecular weight excluding hydrogens is 208 g/mol. The number of aliphatic hydroxyl groups excluding tert-OH is 2. The molecule has 1 rings (SSSR count). The molecule has 0 aliphatic rings. The number of aliphatic hydroxyl groups is 2. The van der Waals surface area contributed by atoms with Gasteiger partial charge in [0.15, 0.2) is 0 Å². The van der Waals surface area contributed by atoms with E-state index in [0.29, 0.717) is 18.9 Å². The third-order valence-electron chi connectivity index (χ3n) is 2.97. The van der Waals surface area contributed by atoms with E-state index < -0.39 is 5.54 Å². The molecule has 0 radical (unpaired) electrons. The highest BCUT2D eigenvalue weighted by Gasteiger charge is 2.26. The van der Waals surface area contributed by atoms with E-state index in [4.69, 9.17) is 4.42 Å². The van der Waals surface area contributed by atoms with Gasteiger partial charge in [0.05, 0.1) is 31.0 Å². The van der Waals surface area contributed by atoms with Crippen LogP contribution in [0.1, 0.15) is 30.7 Å². The predicted molar refractivity (Wildman–Crippen MR) is 60.0 cm³/mol. The van der Waals surface area contributed by atoms with Crippen molar-refractivity contribution >= 4 is 0 Å². The monoisotopic (exact) mass is 228 g/mol. The lowest BCUT2D eigenvalue weighted by atomic mass is 9.99. The summed E-state index contributed by atoms with van der Waals surface area (Å²) in [7, 11) is 0. The molecule has 0 spiro atoms. The summed E-state index contributed by atoms with van der Waals surface area (Å²) >= 11 is 0. The molecule has 5 nitrogen and oxygen atoms in total. The summed E-state index contributed by atoms with van der Waals surface area (Å²) in [6, 6.07) is 0. The predicted octanol–water partition coefficient (Wildman–Crippen LogP) is 0.514. The minimum Gasteiger partial charge on any atom is -0.444 e. The molecule has 16 heavy (non-hydrogen) atoms. The molecule has 0 aliphatic heterocycles. The molecule has 0 aliphatic carbocycles. The fourth-order valence-electron chi connectivity index (χ4n) is 1.39. The van der Waals surface area contributed by atoms with E-state index in [1.807, 2.05) is 20.8 Å². The maximum atomic E-state index is 9.24. The molecule has 1 aromatic heterocycles. The Labute approximate surface area is 95.5 Å². The van der Waals surface area contributed by atoms with Gasteiger partial charge in [-0.2, -0.15) is 0 Å². The molecule has 1 heterocycles. The summed E-state index contributed by atoms with van der Waals surface area (Å²) in [4.78, 5) is 4.22. The zero-order valence-electron chi connectivity index (χ0n) is 10.1. The summed E-state index contributed by atoms with van der Waals surface area (Å²) in [6.45, 7) is 5.83. The Morgan fingerprint density at radius 1 is 1.31 bits per heavy atom. The molecule has 0 amide bonds. The van der Waals surface area contributed by atoms with Crippen LogP contribution in [0.5, 0.6) is 0 Å². The van der Waals surface area contributed by atoms with Crippen LogP contribution in [-0.4, -0.2) is 33.9 Å². The van der Waals surface area contributed by atoms with Crippen molar-refractivity contribution in [3.8, 4) is 0 Å². The number of oxazole rings is 1. The number of aryl methyl sites for hydroxylation is 2. The van der Waals surface area contributed by atoms with Gasteiger partial charge in [-0.25, -0.2) is 4.98 Å². The van der Waals surface area contributed by atoms with Crippen molar-refractivity contribution < 1.29 is 14.6 Å². The second-order valence-electron chi connectivity index (χ2n) is 4.05. The summed E-state index contributed by atoms with van der Waals surface area (Å²) in [5, 5.41) is 21.6. The Balaban J connectivity index is 2.62. The summed E-state index contributed by atoms with van der Waals surface area (Å²) in [5.74, 6) is 1.38. The first-order chi connectivity index (χ1) is 7.56. The average Bonchev–Trinajstić information content (AvgIpc) is 2.61. The van der Waals surface area contributed by atoms with Crippen LogP contribution in [0.4, 0.5) is 0 Å². The Morgan fingerprint density at radius 3 is 2.31 bits per heavy atom. The second kappa shape index (κ2) is 5.43. The number of nitrogens with one attached hydrogen (secondary N) is 1. The molecule has 0 saturated heterocycles. The van der Waals surface area contributed by atoms with E-state index in [-0.39, 0.29) is 13.2 Å². The lowest BCUT2D eigenvalue weighted by Crippen LogP contribution is -2.50. The molecule has 3 N–H and O–H groups in total. The topological polar surface area (TPSA) is 78.5 Å². The van der Waals surface area contributed by atoms with Gasteiger partial charge in [-0.1, -0.05) is 6.92 Å². The molecule has 0 unspecified atom stereocenters. The molecule has 0 aromatic carbocycles. The molecule has 0 atom stereocenters. The van der Waals surface area contributed by atoms with E-state index in [9.17, 15) is 10.2 Å². The van der Waals surface area contributed by atoms with Gasteiger partial charge in [-0.05, 0) is 20.3 Å².